The molecule has 0 spiro atoms. The normalized spacial score (nSPS) is 13.8. The average molecular weight is 904 g/mol. The molecule has 3 N–H and O–H groups in total. The van der Waals surface area contributed by atoms with E-state index in [1.807, 2.05) is 0 Å². The predicted octanol–water partition coefficient (Wildman–Crippen LogP) is 15.4. The number of unbranched alkanes of at least 4 members (excludes halogenated alkanes) is 22. The SMILES string of the molecule is CCCCCCC/C=C\C/C=C\C/C=C\CCCCCCCCC(=O)OCC(COP(=O)(O)OCCN)OC(=O)CCCCCCCC/C=C\C/C=C\C/C=C\CCCCCCC. The predicted molar refractivity (Wildman–Crippen MR) is 266 cm³/mol. The van der Waals surface area contributed by atoms with Gasteiger partial charge in [-0.25, -0.2) is 4.57 Å². The second kappa shape index (κ2) is 48.9. The molecule has 2 unspecified atom stereocenters. The van der Waals surface area contributed by atoms with Crippen LogP contribution in [0.4, 0.5) is 0 Å². The van der Waals surface area contributed by atoms with E-state index in [1.165, 1.54) is 83.5 Å². The van der Waals surface area contributed by atoms with Crippen LogP contribution in [0, 0.1) is 0 Å². The minimum absolute atomic E-state index is 0.0456. The summed E-state index contributed by atoms with van der Waals surface area (Å²) in [7, 11) is -4.39. The van der Waals surface area contributed by atoms with Gasteiger partial charge in [-0.3, -0.25) is 18.6 Å². The standard InChI is InChI=1S/C53H94NO8P/c1-3-5-7-9-11-13-15-17-19-21-23-25-27-29-31-33-35-37-39-41-43-45-52(55)59-49-51(50-61-63(57,58)60-48-47-54)62-53(56)46-44-42-40-38-36-34-32-30-28-26-24-22-20-18-16-14-12-10-8-6-4-2/h15-18,21-24,27-30,51H,3-14,19-20,25-26,31-50,54H2,1-2H3,(H,57,58)/b17-15-,18-16-,23-21-,24-22-,29-27-,30-28-. The molecule has 0 aromatic heterocycles. The van der Waals surface area contributed by atoms with Gasteiger partial charge < -0.3 is 20.1 Å². The Bertz CT molecular complexity index is 1260. The van der Waals surface area contributed by atoms with Gasteiger partial charge in [-0.05, 0) is 89.9 Å². The highest BCUT2D eigenvalue weighted by Crippen LogP contribution is 2.43. The third-order valence-electron chi connectivity index (χ3n) is 10.6. The van der Waals surface area contributed by atoms with Crippen molar-refractivity contribution in [3.8, 4) is 0 Å². The van der Waals surface area contributed by atoms with Gasteiger partial charge in [-0.1, -0.05) is 189 Å². The topological polar surface area (TPSA) is 134 Å². The monoisotopic (exact) mass is 904 g/mol. The summed E-state index contributed by atoms with van der Waals surface area (Å²) in [4.78, 5) is 35.0. The molecule has 0 aliphatic carbocycles. The summed E-state index contributed by atoms with van der Waals surface area (Å²) in [6, 6.07) is 0. The first-order valence-corrected chi connectivity index (χ1v) is 26.9. The smallest absolute Gasteiger partial charge is 0.462 e. The van der Waals surface area contributed by atoms with E-state index in [-0.39, 0.29) is 32.6 Å². The van der Waals surface area contributed by atoms with Crippen molar-refractivity contribution in [3.63, 3.8) is 0 Å². The molecule has 0 bridgehead atoms. The molecule has 0 heterocycles. The van der Waals surface area contributed by atoms with Crippen LogP contribution in [0.2, 0.25) is 0 Å². The molecule has 0 aliphatic heterocycles. The number of allylic oxidation sites excluding steroid dienone is 12. The maximum absolute atomic E-state index is 12.6. The van der Waals surface area contributed by atoms with Gasteiger partial charge >= 0.3 is 19.8 Å². The summed E-state index contributed by atoms with van der Waals surface area (Å²) in [5.74, 6) is -0.859. The van der Waals surface area contributed by atoms with Crippen molar-refractivity contribution in [1.82, 2.24) is 0 Å². The molecule has 364 valence electrons. The zero-order valence-corrected chi connectivity index (χ0v) is 41.2. The first-order chi connectivity index (χ1) is 30.8. The van der Waals surface area contributed by atoms with E-state index in [1.54, 1.807) is 0 Å². The molecular formula is C53H94NO8P. The van der Waals surface area contributed by atoms with Crippen LogP contribution in [-0.4, -0.2) is 49.3 Å². The number of nitrogens with two attached hydrogens (primary N) is 1. The fourth-order valence-electron chi connectivity index (χ4n) is 6.77. The van der Waals surface area contributed by atoms with Crippen molar-refractivity contribution in [3.05, 3.63) is 72.9 Å². The summed E-state index contributed by atoms with van der Waals surface area (Å²) in [5.41, 5.74) is 5.36. The van der Waals surface area contributed by atoms with Crippen molar-refractivity contribution in [2.45, 2.75) is 225 Å². The van der Waals surface area contributed by atoms with E-state index >= 15 is 0 Å². The Kier molecular flexibility index (Phi) is 46.9. The number of esters is 2. The Morgan fingerprint density at radius 1 is 0.476 bits per heavy atom. The fourth-order valence-corrected chi connectivity index (χ4v) is 7.53. The molecule has 0 aromatic carbocycles. The van der Waals surface area contributed by atoms with Crippen LogP contribution < -0.4 is 5.73 Å². The Morgan fingerprint density at radius 2 is 0.825 bits per heavy atom. The highest BCUT2D eigenvalue weighted by Gasteiger charge is 2.26. The lowest BCUT2D eigenvalue weighted by molar-refractivity contribution is -0.161. The van der Waals surface area contributed by atoms with Crippen molar-refractivity contribution >= 4 is 19.8 Å². The lowest BCUT2D eigenvalue weighted by Gasteiger charge is -2.19. The van der Waals surface area contributed by atoms with Gasteiger partial charge in [0, 0.05) is 19.4 Å². The molecule has 0 aliphatic rings. The summed E-state index contributed by atoms with van der Waals surface area (Å²) in [6.45, 7) is 3.69. The maximum Gasteiger partial charge on any atom is 0.472 e. The Hall–Kier alpha value is -2.55. The van der Waals surface area contributed by atoms with Crippen LogP contribution >= 0.6 is 7.82 Å². The molecule has 0 radical (unpaired) electrons. The quantitative estimate of drug-likeness (QED) is 0.0265. The van der Waals surface area contributed by atoms with Crippen molar-refractivity contribution in [2.75, 3.05) is 26.4 Å². The largest absolute Gasteiger partial charge is 0.472 e. The first-order valence-electron chi connectivity index (χ1n) is 25.4. The third-order valence-corrected chi connectivity index (χ3v) is 11.5. The van der Waals surface area contributed by atoms with Crippen molar-refractivity contribution in [1.29, 1.82) is 0 Å². The third kappa shape index (κ3) is 48.7. The Morgan fingerprint density at radius 3 is 1.22 bits per heavy atom. The molecule has 9 nitrogen and oxygen atoms in total. The highest BCUT2D eigenvalue weighted by atomic mass is 31.2. The number of carbonyl (C=O) groups is 2. The molecule has 0 saturated heterocycles. The number of carbonyl (C=O) groups excluding carboxylic acids is 2. The lowest BCUT2D eigenvalue weighted by atomic mass is 10.1. The summed E-state index contributed by atoms with van der Waals surface area (Å²) < 4.78 is 32.9. The van der Waals surface area contributed by atoms with E-state index in [0.29, 0.717) is 12.8 Å². The van der Waals surface area contributed by atoms with Crippen LogP contribution in [-0.2, 0) is 32.7 Å². The van der Waals surface area contributed by atoms with E-state index < -0.39 is 32.5 Å². The zero-order valence-electron chi connectivity index (χ0n) is 40.3. The van der Waals surface area contributed by atoms with Crippen molar-refractivity contribution < 1.29 is 37.6 Å². The number of hydrogen-bond donors (Lipinski definition) is 2. The molecule has 2 atom stereocenters. The van der Waals surface area contributed by atoms with Gasteiger partial charge in [0.1, 0.15) is 6.61 Å². The molecule has 0 fully saturated rings. The van der Waals surface area contributed by atoms with Gasteiger partial charge in [0.25, 0.3) is 0 Å². The number of hydrogen-bond acceptors (Lipinski definition) is 8. The van der Waals surface area contributed by atoms with Crippen LogP contribution in [0.25, 0.3) is 0 Å². The van der Waals surface area contributed by atoms with E-state index in [2.05, 4.69) is 86.8 Å². The van der Waals surface area contributed by atoms with E-state index in [0.717, 1.165) is 96.3 Å². The molecule has 0 rings (SSSR count). The van der Waals surface area contributed by atoms with Crippen LogP contribution in [0.3, 0.4) is 0 Å². The molecule has 10 heteroatoms. The second-order valence-electron chi connectivity index (χ2n) is 16.7. The Labute approximate surface area is 386 Å². The van der Waals surface area contributed by atoms with E-state index in [4.69, 9.17) is 24.3 Å². The van der Waals surface area contributed by atoms with Crippen LogP contribution in [0.5, 0.6) is 0 Å². The minimum Gasteiger partial charge on any atom is -0.462 e. The van der Waals surface area contributed by atoms with Crippen LogP contribution in [0.1, 0.15) is 219 Å². The van der Waals surface area contributed by atoms with Crippen molar-refractivity contribution in [2.24, 2.45) is 5.73 Å². The van der Waals surface area contributed by atoms with Crippen LogP contribution in [0.15, 0.2) is 72.9 Å². The van der Waals surface area contributed by atoms with Gasteiger partial charge in [0.2, 0.25) is 0 Å². The maximum atomic E-state index is 12.6. The zero-order chi connectivity index (χ0) is 46.0. The average Bonchev–Trinajstić information content (AvgIpc) is 3.27. The molecule has 0 saturated carbocycles. The number of ether oxygens (including phenoxy) is 2. The van der Waals surface area contributed by atoms with Gasteiger partial charge in [-0.15, -0.1) is 0 Å². The highest BCUT2D eigenvalue weighted by molar-refractivity contribution is 7.47. The van der Waals surface area contributed by atoms with Gasteiger partial charge in [0.15, 0.2) is 6.10 Å². The molecule has 0 amide bonds. The van der Waals surface area contributed by atoms with Gasteiger partial charge in [0.05, 0.1) is 13.2 Å². The summed E-state index contributed by atoms with van der Waals surface area (Å²) >= 11 is 0. The molecule has 63 heavy (non-hydrogen) atoms. The lowest BCUT2D eigenvalue weighted by Crippen LogP contribution is -2.29. The Balaban J connectivity index is 4.14. The van der Waals surface area contributed by atoms with Gasteiger partial charge in [-0.2, -0.15) is 0 Å². The molecular weight excluding hydrogens is 810 g/mol. The second-order valence-corrected chi connectivity index (χ2v) is 18.1. The molecule has 0 aromatic rings. The number of phosphoric acid groups is 1. The summed E-state index contributed by atoms with van der Waals surface area (Å²) in [5, 5.41) is 0. The van der Waals surface area contributed by atoms with E-state index in [9.17, 15) is 19.0 Å². The minimum atomic E-state index is -4.39. The number of rotatable bonds is 47. The fraction of sp³-hybridized carbons (Fsp3) is 0.736. The summed E-state index contributed by atoms with van der Waals surface area (Å²) in [6.07, 6.45) is 60.7. The number of phosphoric ester groups is 1. The first kappa shape index (κ1) is 60.5.